The van der Waals surface area contributed by atoms with Gasteiger partial charge >= 0.3 is 0 Å². The van der Waals surface area contributed by atoms with E-state index in [-0.39, 0.29) is 5.15 Å². The topological polar surface area (TPSA) is 17.8 Å². The Morgan fingerprint density at radius 3 is 2.67 bits per heavy atom. The molecule has 0 aliphatic heterocycles. The van der Waals surface area contributed by atoms with Gasteiger partial charge < -0.3 is 0 Å². The van der Waals surface area contributed by atoms with E-state index in [4.69, 9.17) is 11.6 Å². The predicted octanol–water partition coefficient (Wildman–Crippen LogP) is 2.75. The van der Waals surface area contributed by atoms with Crippen LogP contribution in [0.1, 0.15) is 19.4 Å². The second-order valence-electron chi connectivity index (χ2n) is 2.43. The van der Waals surface area contributed by atoms with Crippen molar-refractivity contribution in [2.75, 3.05) is 0 Å². The van der Waals surface area contributed by atoms with Gasteiger partial charge in [0.25, 0.3) is 6.43 Å². The van der Waals surface area contributed by atoms with Gasteiger partial charge in [-0.05, 0) is 12.5 Å². The predicted molar refractivity (Wildman–Crippen MR) is 42.6 cm³/mol. The highest BCUT2D eigenvalue weighted by atomic mass is 35.5. The van der Waals surface area contributed by atoms with Crippen molar-refractivity contribution in [1.82, 2.24) is 9.78 Å². The van der Waals surface area contributed by atoms with Gasteiger partial charge in [0.05, 0.1) is 0 Å². The van der Waals surface area contributed by atoms with E-state index in [9.17, 15) is 8.78 Å². The fraction of sp³-hybridized carbons (Fsp3) is 0.571. The monoisotopic (exact) mass is 194 g/mol. The van der Waals surface area contributed by atoms with E-state index < -0.39 is 12.5 Å². The SMILES string of the molecule is CC[C@@H](C(F)F)n1ccc(Cl)n1. The minimum absolute atomic E-state index is 0.245. The Balaban J connectivity index is 2.80. The molecule has 1 aromatic heterocycles. The van der Waals surface area contributed by atoms with Gasteiger partial charge in [-0.25, -0.2) is 8.78 Å². The lowest BCUT2D eigenvalue weighted by atomic mass is 10.2. The van der Waals surface area contributed by atoms with E-state index in [0.29, 0.717) is 6.42 Å². The highest BCUT2D eigenvalue weighted by Crippen LogP contribution is 2.20. The number of rotatable bonds is 3. The fourth-order valence-electron chi connectivity index (χ4n) is 0.980. The molecule has 0 saturated carbocycles. The molecule has 12 heavy (non-hydrogen) atoms. The first-order valence-corrected chi connectivity index (χ1v) is 4.01. The van der Waals surface area contributed by atoms with Crippen LogP contribution in [0, 0.1) is 0 Å². The summed E-state index contributed by atoms with van der Waals surface area (Å²) in [6, 6.07) is 0.629. The lowest BCUT2D eigenvalue weighted by Gasteiger charge is -2.13. The first-order chi connectivity index (χ1) is 5.65. The summed E-state index contributed by atoms with van der Waals surface area (Å²) in [7, 11) is 0. The van der Waals surface area contributed by atoms with Gasteiger partial charge in [-0.3, -0.25) is 4.68 Å². The minimum atomic E-state index is -2.40. The smallest absolute Gasteiger partial charge is 0.260 e. The Morgan fingerprint density at radius 1 is 1.67 bits per heavy atom. The largest absolute Gasteiger partial charge is 0.262 e. The molecule has 0 saturated heterocycles. The Bertz CT molecular complexity index is 249. The molecule has 0 bridgehead atoms. The van der Waals surface area contributed by atoms with Gasteiger partial charge in [0.15, 0.2) is 5.15 Å². The van der Waals surface area contributed by atoms with Gasteiger partial charge in [-0.15, -0.1) is 0 Å². The molecule has 1 aromatic rings. The molecule has 5 heteroatoms. The quantitative estimate of drug-likeness (QED) is 0.724. The maximum Gasteiger partial charge on any atom is 0.260 e. The number of nitrogens with zero attached hydrogens (tertiary/aromatic N) is 2. The standard InChI is InChI=1S/C7H9ClF2N2/c1-2-5(7(9)10)12-4-3-6(8)11-12/h3-5,7H,2H2,1H3/t5-/m0/s1. The molecule has 0 radical (unpaired) electrons. The van der Waals surface area contributed by atoms with Crippen LogP contribution in [-0.4, -0.2) is 16.2 Å². The molecule has 68 valence electrons. The summed E-state index contributed by atoms with van der Waals surface area (Å²) in [6.07, 6.45) is -0.593. The Hall–Kier alpha value is -0.640. The van der Waals surface area contributed by atoms with Crippen molar-refractivity contribution in [2.45, 2.75) is 25.8 Å². The lowest BCUT2D eigenvalue weighted by Crippen LogP contribution is -2.16. The third-order valence-electron chi connectivity index (χ3n) is 1.62. The average Bonchev–Trinajstić information content (AvgIpc) is 2.37. The van der Waals surface area contributed by atoms with E-state index in [1.165, 1.54) is 16.9 Å². The van der Waals surface area contributed by atoms with Gasteiger partial charge in [0, 0.05) is 6.20 Å². The second-order valence-corrected chi connectivity index (χ2v) is 2.82. The number of halogens is 3. The van der Waals surface area contributed by atoms with Crippen LogP contribution < -0.4 is 0 Å². The molecule has 1 atom stereocenters. The summed E-state index contributed by atoms with van der Waals surface area (Å²) in [5, 5.41) is 3.95. The zero-order valence-corrected chi connectivity index (χ0v) is 7.30. The van der Waals surface area contributed by atoms with Gasteiger partial charge in [0.1, 0.15) is 6.04 Å². The summed E-state index contributed by atoms with van der Waals surface area (Å²) in [4.78, 5) is 0. The molecule has 0 aliphatic rings. The van der Waals surface area contributed by atoms with Crippen LogP contribution in [0.5, 0.6) is 0 Å². The van der Waals surface area contributed by atoms with Crippen molar-refractivity contribution in [3.05, 3.63) is 17.4 Å². The Labute approximate surface area is 74.1 Å². The molecule has 0 N–H and O–H groups in total. The van der Waals surface area contributed by atoms with Crippen LogP contribution in [0.4, 0.5) is 8.78 Å². The molecule has 0 unspecified atom stereocenters. The maximum absolute atomic E-state index is 12.3. The zero-order chi connectivity index (χ0) is 9.14. The van der Waals surface area contributed by atoms with Gasteiger partial charge in [-0.1, -0.05) is 18.5 Å². The van der Waals surface area contributed by atoms with Crippen LogP contribution in [0.2, 0.25) is 5.15 Å². The Morgan fingerprint density at radius 2 is 2.33 bits per heavy atom. The van der Waals surface area contributed by atoms with E-state index >= 15 is 0 Å². The number of hydrogen-bond acceptors (Lipinski definition) is 1. The first-order valence-electron chi connectivity index (χ1n) is 3.64. The number of aromatic nitrogens is 2. The first kappa shape index (κ1) is 9.45. The lowest BCUT2D eigenvalue weighted by molar-refractivity contribution is 0.0743. The van der Waals surface area contributed by atoms with Crippen LogP contribution in [0.25, 0.3) is 0 Å². The number of alkyl halides is 2. The molecule has 0 aliphatic carbocycles. The third kappa shape index (κ3) is 1.94. The van der Waals surface area contributed by atoms with E-state index in [1.807, 2.05) is 0 Å². The van der Waals surface area contributed by atoms with Crippen molar-refractivity contribution < 1.29 is 8.78 Å². The van der Waals surface area contributed by atoms with Crippen LogP contribution in [-0.2, 0) is 0 Å². The van der Waals surface area contributed by atoms with E-state index in [1.54, 1.807) is 6.92 Å². The third-order valence-corrected chi connectivity index (χ3v) is 1.83. The molecular weight excluding hydrogens is 186 g/mol. The highest BCUT2D eigenvalue weighted by molar-refractivity contribution is 6.29. The summed E-state index contributed by atoms with van der Waals surface area (Å²) >= 11 is 5.49. The van der Waals surface area contributed by atoms with Gasteiger partial charge in [-0.2, -0.15) is 5.10 Å². The van der Waals surface area contributed by atoms with Gasteiger partial charge in [0.2, 0.25) is 0 Å². The summed E-state index contributed by atoms with van der Waals surface area (Å²) in [5.41, 5.74) is 0. The van der Waals surface area contributed by atoms with Crippen molar-refractivity contribution in [3.8, 4) is 0 Å². The van der Waals surface area contributed by atoms with Crippen molar-refractivity contribution >= 4 is 11.6 Å². The van der Waals surface area contributed by atoms with Crippen molar-refractivity contribution in [3.63, 3.8) is 0 Å². The van der Waals surface area contributed by atoms with Crippen molar-refractivity contribution in [2.24, 2.45) is 0 Å². The molecule has 1 heterocycles. The minimum Gasteiger partial charge on any atom is -0.262 e. The molecule has 2 nitrogen and oxygen atoms in total. The molecule has 0 spiro atoms. The Kier molecular flexibility index (Phi) is 3.03. The summed E-state index contributed by atoms with van der Waals surface area (Å²) in [5.74, 6) is 0. The second kappa shape index (κ2) is 3.85. The summed E-state index contributed by atoms with van der Waals surface area (Å²) in [6.45, 7) is 1.69. The number of hydrogen-bond donors (Lipinski definition) is 0. The molecule has 0 fully saturated rings. The summed E-state index contributed by atoms with van der Waals surface area (Å²) < 4.78 is 25.8. The zero-order valence-electron chi connectivity index (χ0n) is 6.54. The normalized spacial score (nSPS) is 13.8. The molecular formula is C7H9ClF2N2. The maximum atomic E-state index is 12.3. The molecule has 0 aromatic carbocycles. The van der Waals surface area contributed by atoms with Crippen LogP contribution in [0.15, 0.2) is 12.3 Å². The van der Waals surface area contributed by atoms with Crippen LogP contribution in [0.3, 0.4) is 0 Å². The highest BCUT2D eigenvalue weighted by Gasteiger charge is 2.20. The van der Waals surface area contributed by atoms with E-state index in [2.05, 4.69) is 5.10 Å². The average molecular weight is 195 g/mol. The molecule has 0 amide bonds. The molecule has 1 rings (SSSR count). The fourth-order valence-corrected chi connectivity index (χ4v) is 1.12. The van der Waals surface area contributed by atoms with E-state index in [0.717, 1.165) is 0 Å². The van der Waals surface area contributed by atoms with Crippen LogP contribution >= 0.6 is 11.6 Å². The van der Waals surface area contributed by atoms with Crippen molar-refractivity contribution in [1.29, 1.82) is 0 Å².